The monoisotopic (exact) mass is 233 g/mol. The number of fused-ring (bicyclic) bond motifs is 1. The Morgan fingerprint density at radius 2 is 2.29 bits per heavy atom. The zero-order valence-corrected chi connectivity index (χ0v) is 10.4. The Kier molecular flexibility index (Phi) is 3.52. The highest BCUT2D eigenvalue weighted by Crippen LogP contribution is 2.21. The Hall–Kier alpha value is -1.71. The number of anilines is 2. The van der Waals surface area contributed by atoms with Crippen LogP contribution >= 0.6 is 0 Å². The number of unbranched alkanes of at least 4 members (excludes halogenated alkanes) is 1. The molecule has 2 aromatic rings. The smallest absolute Gasteiger partial charge is 0.295 e. The Labute approximate surface area is 101 Å². The molecule has 0 spiro atoms. The molecule has 0 saturated heterocycles. The van der Waals surface area contributed by atoms with Crippen LogP contribution in [-0.2, 0) is 0 Å². The molecule has 0 aliphatic heterocycles. The molecule has 0 aliphatic carbocycles. The lowest BCUT2D eigenvalue weighted by Gasteiger charge is -2.10. The van der Waals surface area contributed by atoms with Gasteiger partial charge in [-0.25, -0.2) is 0 Å². The highest BCUT2D eigenvalue weighted by atomic mass is 16.4. The molecular weight excluding hydrogens is 214 g/mol. The van der Waals surface area contributed by atoms with E-state index in [1.807, 2.05) is 18.2 Å². The zero-order valence-electron chi connectivity index (χ0n) is 10.4. The summed E-state index contributed by atoms with van der Waals surface area (Å²) in [6.45, 7) is 4.33. The third kappa shape index (κ3) is 2.90. The van der Waals surface area contributed by atoms with E-state index in [0.717, 1.165) is 17.5 Å². The molecule has 92 valence electrons. The quantitative estimate of drug-likeness (QED) is 0.777. The lowest BCUT2D eigenvalue weighted by Crippen LogP contribution is -2.14. The average Bonchev–Trinajstić information content (AvgIpc) is 2.67. The van der Waals surface area contributed by atoms with Crippen LogP contribution in [0.1, 0.15) is 33.1 Å². The van der Waals surface area contributed by atoms with Crippen LogP contribution in [0.5, 0.6) is 0 Å². The molecule has 3 N–H and O–H groups in total. The van der Waals surface area contributed by atoms with Crippen LogP contribution in [0.3, 0.4) is 0 Å². The molecule has 2 rings (SSSR count). The Balaban J connectivity index is 2.08. The Morgan fingerprint density at radius 3 is 3.06 bits per heavy atom. The fourth-order valence-corrected chi connectivity index (χ4v) is 1.80. The van der Waals surface area contributed by atoms with Crippen LogP contribution in [-0.4, -0.2) is 11.0 Å². The fraction of sp³-hybridized carbons (Fsp3) is 0.462. The molecule has 1 unspecified atom stereocenters. The van der Waals surface area contributed by atoms with Crippen LogP contribution in [0.2, 0.25) is 0 Å². The van der Waals surface area contributed by atoms with E-state index in [0.29, 0.717) is 17.7 Å². The van der Waals surface area contributed by atoms with Crippen molar-refractivity contribution in [1.82, 2.24) is 4.98 Å². The summed E-state index contributed by atoms with van der Waals surface area (Å²) in [7, 11) is 0. The molecule has 0 saturated carbocycles. The van der Waals surface area contributed by atoms with Crippen molar-refractivity contribution < 1.29 is 4.42 Å². The number of nitrogens with zero attached hydrogens (tertiary/aromatic N) is 1. The van der Waals surface area contributed by atoms with E-state index in [1.54, 1.807) is 0 Å². The molecule has 0 fully saturated rings. The van der Waals surface area contributed by atoms with E-state index in [1.165, 1.54) is 12.8 Å². The first kappa shape index (κ1) is 11.8. The molecule has 0 amide bonds. The number of benzene rings is 1. The van der Waals surface area contributed by atoms with Crippen LogP contribution in [0.25, 0.3) is 11.1 Å². The number of hydrogen-bond acceptors (Lipinski definition) is 4. The summed E-state index contributed by atoms with van der Waals surface area (Å²) in [6, 6.07) is 6.44. The number of rotatable bonds is 5. The summed E-state index contributed by atoms with van der Waals surface area (Å²) in [5, 5.41) is 3.27. The van der Waals surface area contributed by atoms with Crippen LogP contribution in [0.4, 0.5) is 11.7 Å². The first-order chi connectivity index (χ1) is 8.19. The van der Waals surface area contributed by atoms with Gasteiger partial charge >= 0.3 is 0 Å². The van der Waals surface area contributed by atoms with Crippen molar-refractivity contribution in [2.24, 2.45) is 0 Å². The summed E-state index contributed by atoms with van der Waals surface area (Å²) in [5.74, 6) is 0. The van der Waals surface area contributed by atoms with Crippen LogP contribution in [0, 0.1) is 0 Å². The summed E-state index contributed by atoms with van der Waals surface area (Å²) in [6.07, 6.45) is 3.54. The number of aromatic nitrogens is 1. The molecule has 17 heavy (non-hydrogen) atoms. The third-order valence-corrected chi connectivity index (χ3v) is 2.77. The predicted octanol–water partition coefficient (Wildman–Crippen LogP) is 3.40. The number of hydrogen-bond donors (Lipinski definition) is 2. The summed E-state index contributed by atoms with van der Waals surface area (Å²) in [4.78, 5) is 4.36. The van der Waals surface area contributed by atoms with Gasteiger partial charge < -0.3 is 15.5 Å². The van der Waals surface area contributed by atoms with Crippen molar-refractivity contribution in [1.29, 1.82) is 0 Å². The zero-order chi connectivity index (χ0) is 12.3. The Bertz CT molecular complexity index is 492. The van der Waals surface area contributed by atoms with Gasteiger partial charge in [-0.05, 0) is 31.5 Å². The highest BCUT2D eigenvalue weighted by molar-refractivity contribution is 5.78. The van der Waals surface area contributed by atoms with E-state index >= 15 is 0 Å². The topological polar surface area (TPSA) is 64.1 Å². The highest BCUT2D eigenvalue weighted by Gasteiger charge is 2.08. The van der Waals surface area contributed by atoms with Crippen molar-refractivity contribution >= 4 is 22.8 Å². The SMILES string of the molecule is CCCCC(C)Nc1nc2cc(N)ccc2o1. The maximum Gasteiger partial charge on any atom is 0.295 e. The molecule has 1 heterocycles. The molecule has 1 aromatic carbocycles. The molecule has 1 aromatic heterocycles. The second kappa shape index (κ2) is 5.08. The summed E-state index contributed by atoms with van der Waals surface area (Å²) < 4.78 is 5.60. The minimum Gasteiger partial charge on any atom is -0.424 e. The molecule has 0 radical (unpaired) electrons. The van der Waals surface area contributed by atoms with Gasteiger partial charge in [0.25, 0.3) is 6.01 Å². The molecule has 0 aliphatic rings. The fourth-order valence-electron chi connectivity index (χ4n) is 1.80. The normalized spacial score (nSPS) is 12.8. The number of oxazole rings is 1. The second-order valence-electron chi connectivity index (χ2n) is 4.43. The number of nitrogens with one attached hydrogen (secondary N) is 1. The van der Waals surface area contributed by atoms with Crippen molar-refractivity contribution in [2.75, 3.05) is 11.1 Å². The first-order valence-electron chi connectivity index (χ1n) is 6.11. The van der Waals surface area contributed by atoms with Crippen LogP contribution < -0.4 is 11.1 Å². The van der Waals surface area contributed by atoms with Gasteiger partial charge in [0.1, 0.15) is 5.52 Å². The van der Waals surface area contributed by atoms with Gasteiger partial charge in [0, 0.05) is 11.7 Å². The average molecular weight is 233 g/mol. The maximum absolute atomic E-state index is 5.70. The molecule has 4 heteroatoms. The third-order valence-electron chi connectivity index (χ3n) is 2.77. The minimum atomic E-state index is 0.375. The second-order valence-corrected chi connectivity index (χ2v) is 4.43. The largest absolute Gasteiger partial charge is 0.424 e. The lowest BCUT2D eigenvalue weighted by atomic mass is 10.1. The first-order valence-corrected chi connectivity index (χ1v) is 6.11. The van der Waals surface area contributed by atoms with Crippen molar-refractivity contribution in [3.8, 4) is 0 Å². The van der Waals surface area contributed by atoms with Gasteiger partial charge in [-0.1, -0.05) is 19.8 Å². The van der Waals surface area contributed by atoms with Gasteiger partial charge in [0.2, 0.25) is 0 Å². The van der Waals surface area contributed by atoms with E-state index in [2.05, 4.69) is 24.1 Å². The van der Waals surface area contributed by atoms with Gasteiger partial charge in [-0.3, -0.25) is 0 Å². The van der Waals surface area contributed by atoms with E-state index in [9.17, 15) is 0 Å². The standard InChI is InChI=1S/C13H19N3O/c1-3-4-5-9(2)15-13-16-11-8-10(14)6-7-12(11)17-13/h6-9H,3-5,14H2,1-2H3,(H,15,16). The van der Waals surface area contributed by atoms with E-state index in [-0.39, 0.29) is 0 Å². The summed E-state index contributed by atoms with van der Waals surface area (Å²) in [5.41, 5.74) is 7.97. The van der Waals surface area contributed by atoms with Crippen molar-refractivity contribution in [3.05, 3.63) is 18.2 Å². The number of nitrogens with two attached hydrogens (primary N) is 1. The minimum absolute atomic E-state index is 0.375. The summed E-state index contributed by atoms with van der Waals surface area (Å²) >= 11 is 0. The molecule has 1 atom stereocenters. The van der Waals surface area contributed by atoms with Gasteiger partial charge in [0.05, 0.1) is 0 Å². The molecular formula is C13H19N3O. The van der Waals surface area contributed by atoms with Gasteiger partial charge in [0.15, 0.2) is 5.58 Å². The Morgan fingerprint density at radius 1 is 1.47 bits per heavy atom. The van der Waals surface area contributed by atoms with Crippen molar-refractivity contribution in [2.45, 2.75) is 39.2 Å². The van der Waals surface area contributed by atoms with E-state index in [4.69, 9.17) is 10.2 Å². The predicted molar refractivity (Wildman–Crippen MR) is 71.0 cm³/mol. The van der Waals surface area contributed by atoms with Gasteiger partial charge in [-0.2, -0.15) is 4.98 Å². The van der Waals surface area contributed by atoms with E-state index < -0.39 is 0 Å². The molecule has 4 nitrogen and oxygen atoms in total. The molecule has 0 bridgehead atoms. The lowest BCUT2D eigenvalue weighted by molar-refractivity contribution is 0.577. The number of nitrogen functional groups attached to an aromatic ring is 1. The van der Waals surface area contributed by atoms with Crippen molar-refractivity contribution in [3.63, 3.8) is 0 Å². The maximum atomic E-state index is 5.70. The van der Waals surface area contributed by atoms with Crippen LogP contribution in [0.15, 0.2) is 22.6 Å². The van der Waals surface area contributed by atoms with Gasteiger partial charge in [-0.15, -0.1) is 0 Å².